The number of carbonyl (C=O) groups is 1. The van der Waals surface area contributed by atoms with Crippen molar-refractivity contribution >= 4 is 34.4 Å². The van der Waals surface area contributed by atoms with Crippen LogP contribution < -0.4 is 21.2 Å². The van der Waals surface area contributed by atoms with E-state index in [2.05, 4.69) is 103 Å². The lowest BCUT2D eigenvalue weighted by atomic mass is 10.2. The van der Waals surface area contributed by atoms with Crippen LogP contribution in [0.2, 0.25) is 0 Å². The maximum atomic E-state index is 12.2. The lowest BCUT2D eigenvalue weighted by Crippen LogP contribution is -2.38. The molecule has 0 aliphatic rings. The highest BCUT2D eigenvalue weighted by Gasteiger charge is 2.47. The van der Waals surface area contributed by atoms with Crippen LogP contribution in [0.3, 0.4) is 0 Å². The fourth-order valence-electron chi connectivity index (χ4n) is 3.88. The third-order valence-electron chi connectivity index (χ3n) is 5.20. The van der Waals surface area contributed by atoms with Crippen molar-refractivity contribution in [3.63, 3.8) is 0 Å². The van der Waals surface area contributed by atoms with Crippen LogP contribution >= 0.6 is 7.26 Å². The van der Waals surface area contributed by atoms with Gasteiger partial charge in [0.25, 0.3) is 0 Å². The molecule has 0 unspecified atom stereocenters. The van der Waals surface area contributed by atoms with Crippen LogP contribution in [0.15, 0.2) is 115 Å². The van der Waals surface area contributed by atoms with Gasteiger partial charge in [-0.3, -0.25) is 0 Å². The van der Waals surface area contributed by atoms with Gasteiger partial charge in [0.2, 0.25) is 0 Å². The number of hydrogen-bond donors (Lipinski definition) is 0. The molecule has 0 amide bonds. The molecule has 0 saturated carbocycles. The van der Waals surface area contributed by atoms with Gasteiger partial charge in [-0.1, -0.05) is 54.6 Å². The Morgan fingerprint density at radius 1 is 0.600 bits per heavy atom. The molecule has 148 valence electrons. The Labute approximate surface area is 178 Å². The Balaban J connectivity index is 1.99. The Bertz CT molecular complexity index is 995. The molecule has 4 aromatic carbocycles. The molecule has 0 saturated heterocycles. The minimum absolute atomic E-state index is 0.285. The van der Waals surface area contributed by atoms with Crippen LogP contribution in [-0.2, 0) is 4.74 Å². The lowest BCUT2D eigenvalue weighted by molar-refractivity contribution is 0.0526. The van der Waals surface area contributed by atoms with Crippen molar-refractivity contribution < 1.29 is 9.53 Å². The van der Waals surface area contributed by atoms with Crippen molar-refractivity contribution in [2.24, 2.45) is 0 Å². The van der Waals surface area contributed by atoms with E-state index in [1.54, 1.807) is 0 Å². The topological polar surface area (TPSA) is 26.3 Å². The molecule has 0 heterocycles. The van der Waals surface area contributed by atoms with Crippen LogP contribution in [0, 0.1) is 0 Å². The van der Waals surface area contributed by atoms with Gasteiger partial charge in [-0.05, 0) is 67.6 Å². The first-order valence-corrected chi connectivity index (χ1v) is 11.9. The van der Waals surface area contributed by atoms with E-state index in [1.165, 1.54) is 21.2 Å². The molecule has 0 aromatic heterocycles. The maximum Gasteiger partial charge on any atom is 0.338 e. The second-order valence-corrected chi connectivity index (χ2v) is 10.4. The van der Waals surface area contributed by atoms with Crippen molar-refractivity contribution in [3.8, 4) is 0 Å². The van der Waals surface area contributed by atoms with Crippen LogP contribution in [0.1, 0.15) is 17.3 Å². The number of carbonyl (C=O) groups excluding carboxylic acids is 1. The lowest BCUT2D eigenvalue weighted by Gasteiger charge is -2.27. The van der Waals surface area contributed by atoms with E-state index in [4.69, 9.17) is 4.74 Å². The molecule has 0 N–H and O–H groups in total. The van der Waals surface area contributed by atoms with Gasteiger partial charge in [0.05, 0.1) is 12.2 Å². The zero-order chi connectivity index (χ0) is 20.8. The average molecular weight is 411 g/mol. The van der Waals surface area contributed by atoms with Crippen molar-refractivity contribution in [2.45, 2.75) is 6.92 Å². The molecule has 30 heavy (non-hydrogen) atoms. The van der Waals surface area contributed by atoms with E-state index in [0.29, 0.717) is 12.2 Å². The van der Waals surface area contributed by atoms with Gasteiger partial charge in [0.15, 0.2) is 0 Å². The van der Waals surface area contributed by atoms with E-state index < -0.39 is 7.26 Å². The van der Waals surface area contributed by atoms with Gasteiger partial charge >= 0.3 is 5.97 Å². The van der Waals surface area contributed by atoms with Crippen molar-refractivity contribution in [3.05, 3.63) is 121 Å². The van der Waals surface area contributed by atoms with Gasteiger partial charge < -0.3 is 4.74 Å². The summed E-state index contributed by atoms with van der Waals surface area (Å²) in [5, 5.41) is 5.06. The first-order valence-electron chi connectivity index (χ1n) is 10.1. The summed E-state index contributed by atoms with van der Waals surface area (Å²) in [6.45, 7) is 2.19. The number of benzene rings is 4. The van der Waals surface area contributed by atoms with Crippen LogP contribution in [0.25, 0.3) is 0 Å². The van der Waals surface area contributed by atoms with Gasteiger partial charge in [0.1, 0.15) is 28.5 Å². The van der Waals surface area contributed by atoms with Crippen LogP contribution in [0.4, 0.5) is 0 Å². The van der Waals surface area contributed by atoms with Gasteiger partial charge in [-0.2, -0.15) is 0 Å². The first kappa shape index (κ1) is 20.1. The Morgan fingerprint density at radius 2 is 0.967 bits per heavy atom. The van der Waals surface area contributed by atoms with Gasteiger partial charge in [-0.25, -0.2) is 4.79 Å². The highest BCUT2D eigenvalue weighted by Crippen LogP contribution is 2.54. The van der Waals surface area contributed by atoms with Crippen LogP contribution in [0.5, 0.6) is 0 Å². The molecule has 0 radical (unpaired) electrons. The molecular formula is C27H24O2P+. The van der Waals surface area contributed by atoms with Gasteiger partial charge in [-0.15, -0.1) is 0 Å². The average Bonchev–Trinajstić information content (AvgIpc) is 2.82. The molecule has 0 fully saturated rings. The summed E-state index contributed by atoms with van der Waals surface area (Å²) >= 11 is 0. The summed E-state index contributed by atoms with van der Waals surface area (Å²) in [6.07, 6.45) is 0. The number of rotatable bonds is 6. The zero-order valence-corrected chi connectivity index (χ0v) is 17.8. The highest BCUT2D eigenvalue weighted by atomic mass is 31.2. The molecule has 0 bridgehead atoms. The summed E-state index contributed by atoms with van der Waals surface area (Å²) in [5.74, 6) is -0.285. The van der Waals surface area contributed by atoms with Crippen molar-refractivity contribution in [1.29, 1.82) is 0 Å². The van der Waals surface area contributed by atoms with E-state index in [1.807, 2.05) is 19.1 Å². The standard InChI is InChI=1S/C27H24O2P/c1-2-29-27(28)22-18-20-26(21-19-22)30(23-12-6-3-7-13-23,24-14-8-4-9-15-24)25-16-10-5-11-17-25/h3-21H,2H2,1H3/q+1. The SMILES string of the molecule is CCOC(=O)c1ccc([P+](c2ccccc2)(c2ccccc2)c2ccccc2)cc1. The normalized spacial score (nSPS) is 11.1. The van der Waals surface area contributed by atoms with Gasteiger partial charge in [0, 0.05) is 0 Å². The van der Waals surface area contributed by atoms with Crippen molar-refractivity contribution in [2.75, 3.05) is 6.61 Å². The Hall–Kier alpha value is -3.22. The molecular weight excluding hydrogens is 387 g/mol. The second-order valence-electron chi connectivity index (χ2n) is 6.94. The fourth-order valence-corrected chi connectivity index (χ4v) is 8.13. The predicted molar refractivity (Wildman–Crippen MR) is 127 cm³/mol. The minimum Gasteiger partial charge on any atom is -0.462 e. The number of esters is 1. The molecule has 4 rings (SSSR count). The predicted octanol–water partition coefficient (Wildman–Crippen LogP) is 4.48. The molecule has 0 spiro atoms. The molecule has 3 heteroatoms. The summed E-state index contributed by atoms with van der Waals surface area (Å²) in [7, 11) is -2.12. The fraction of sp³-hybridized carbons (Fsp3) is 0.0741. The molecule has 0 aliphatic carbocycles. The van der Waals surface area contributed by atoms with Crippen molar-refractivity contribution in [1.82, 2.24) is 0 Å². The maximum absolute atomic E-state index is 12.2. The summed E-state index contributed by atoms with van der Waals surface area (Å²) in [6, 6.07) is 40.0. The summed E-state index contributed by atoms with van der Waals surface area (Å²) < 4.78 is 5.18. The van der Waals surface area contributed by atoms with Crippen LogP contribution in [-0.4, -0.2) is 12.6 Å². The third kappa shape index (κ3) is 3.67. The monoisotopic (exact) mass is 411 g/mol. The van der Waals surface area contributed by atoms with E-state index in [-0.39, 0.29) is 5.97 Å². The molecule has 4 aromatic rings. The first-order chi connectivity index (χ1) is 14.8. The second kappa shape index (κ2) is 9.07. The Morgan fingerprint density at radius 3 is 1.33 bits per heavy atom. The number of ether oxygens (including phenoxy) is 1. The molecule has 0 atom stereocenters. The van der Waals surface area contributed by atoms with E-state index in [9.17, 15) is 4.79 Å². The molecule has 2 nitrogen and oxygen atoms in total. The Kier molecular flexibility index (Phi) is 6.07. The largest absolute Gasteiger partial charge is 0.462 e. The molecule has 0 aliphatic heterocycles. The third-order valence-corrected chi connectivity index (χ3v) is 9.49. The summed E-state index contributed by atoms with van der Waals surface area (Å²) in [4.78, 5) is 12.2. The minimum atomic E-state index is -2.12. The summed E-state index contributed by atoms with van der Waals surface area (Å²) in [5.41, 5.74) is 0.577. The highest BCUT2D eigenvalue weighted by molar-refractivity contribution is 8.01. The smallest absolute Gasteiger partial charge is 0.338 e. The zero-order valence-electron chi connectivity index (χ0n) is 16.9. The number of hydrogen-bond acceptors (Lipinski definition) is 2. The quantitative estimate of drug-likeness (QED) is 0.345. The van der Waals surface area contributed by atoms with E-state index in [0.717, 1.165) is 0 Å². The van der Waals surface area contributed by atoms with E-state index >= 15 is 0 Å².